The number of alkyl halides is 3. The molecule has 0 bridgehead atoms. The largest absolute Gasteiger partial charge is 0.416 e. The molecule has 1 atom stereocenters. The van der Waals surface area contributed by atoms with Gasteiger partial charge >= 0.3 is 6.18 Å². The summed E-state index contributed by atoms with van der Waals surface area (Å²) in [5, 5.41) is 2.79. The van der Waals surface area contributed by atoms with Crippen LogP contribution in [0.25, 0.3) is 0 Å². The molecule has 0 saturated carbocycles. The van der Waals surface area contributed by atoms with E-state index in [-0.39, 0.29) is 11.1 Å². The third-order valence-electron chi connectivity index (χ3n) is 3.46. The van der Waals surface area contributed by atoms with Gasteiger partial charge in [-0.25, -0.2) is 8.42 Å². The molecule has 1 saturated heterocycles. The predicted molar refractivity (Wildman–Crippen MR) is 72.7 cm³/mol. The number of nitrogens with one attached hydrogen (secondary N) is 1. The number of rotatable bonds is 3. The van der Waals surface area contributed by atoms with Gasteiger partial charge in [0.2, 0.25) is 10.0 Å². The van der Waals surface area contributed by atoms with E-state index in [0.29, 0.717) is 25.6 Å². The number of nitrogens with zero attached hydrogens (tertiary/aromatic N) is 1. The highest BCUT2D eigenvalue weighted by Gasteiger charge is 2.35. The Morgan fingerprint density at radius 2 is 2.05 bits per heavy atom. The summed E-state index contributed by atoms with van der Waals surface area (Å²) in [7, 11) is -2.72. The highest BCUT2D eigenvalue weighted by molar-refractivity contribution is 7.89. The topological polar surface area (TPSA) is 49.4 Å². The summed E-state index contributed by atoms with van der Waals surface area (Å²) in [6.45, 7) is 1.13. The standard InChI is InChI=1S/C12H14ClF3N2O2S/c1-18(9-4-5-17-7-9)21(19,20)11-6-8(12(14,15)16)2-3-10(11)13/h2-3,6,9,17H,4-5,7H2,1H3. The van der Waals surface area contributed by atoms with Crippen molar-refractivity contribution in [1.82, 2.24) is 9.62 Å². The van der Waals surface area contributed by atoms with Crippen LogP contribution in [0.4, 0.5) is 13.2 Å². The molecule has 0 aromatic heterocycles. The number of hydrogen-bond donors (Lipinski definition) is 1. The summed E-state index contributed by atoms with van der Waals surface area (Å²) in [6.07, 6.45) is -4.02. The lowest BCUT2D eigenvalue weighted by molar-refractivity contribution is -0.137. The summed E-state index contributed by atoms with van der Waals surface area (Å²) in [5.41, 5.74) is -1.04. The van der Waals surface area contributed by atoms with Crippen LogP contribution in [0.5, 0.6) is 0 Å². The van der Waals surface area contributed by atoms with Crippen LogP contribution in [0, 0.1) is 0 Å². The van der Waals surface area contributed by atoms with E-state index in [1.165, 1.54) is 7.05 Å². The number of halogens is 4. The van der Waals surface area contributed by atoms with Crippen molar-refractivity contribution in [2.24, 2.45) is 0 Å². The molecule has 21 heavy (non-hydrogen) atoms. The summed E-state index contributed by atoms with van der Waals surface area (Å²) in [4.78, 5) is -0.520. The second-order valence-electron chi connectivity index (χ2n) is 4.81. The zero-order valence-corrected chi connectivity index (χ0v) is 12.7. The Morgan fingerprint density at radius 1 is 1.38 bits per heavy atom. The highest BCUT2D eigenvalue weighted by Crippen LogP contribution is 2.34. The average Bonchev–Trinajstić information content (AvgIpc) is 2.90. The van der Waals surface area contributed by atoms with E-state index in [9.17, 15) is 21.6 Å². The van der Waals surface area contributed by atoms with Crippen LogP contribution in [0.2, 0.25) is 5.02 Å². The molecule has 4 nitrogen and oxygen atoms in total. The first-order valence-electron chi connectivity index (χ1n) is 6.19. The van der Waals surface area contributed by atoms with E-state index >= 15 is 0 Å². The lowest BCUT2D eigenvalue weighted by Gasteiger charge is -2.24. The molecule has 0 spiro atoms. The molecule has 118 valence electrons. The van der Waals surface area contributed by atoms with Crippen LogP contribution >= 0.6 is 11.6 Å². The van der Waals surface area contributed by atoms with Crippen LogP contribution in [-0.4, -0.2) is 38.9 Å². The Hall–Kier alpha value is -0.830. The molecule has 2 rings (SSSR count). The number of hydrogen-bond acceptors (Lipinski definition) is 3. The van der Waals surface area contributed by atoms with Crippen molar-refractivity contribution in [3.05, 3.63) is 28.8 Å². The Kier molecular flexibility index (Phi) is 4.53. The van der Waals surface area contributed by atoms with Gasteiger partial charge in [0.05, 0.1) is 10.6 Å². The molecular weight excluding hydrogens is 329 g/mol. The van der Waals surface area contributed by atoms with Gasteiger partial charge < -0.3 is 5.32 Å². The number of sulfonamides is 1. The van der Waals surface area contributed by atoms with Gasteiger partial charge in [0.25, 0.3) is 0 Å². The first-order valence-corrected chi connectivity index (χ1v) is 8.01. The number of benzene rings is 1. The molecule has 1 aromatic rings. The van der Waals surface area contributed by atoms with Crippen molar-refractivity contribution in [1.29, 1.82) is 0 Å². The molecular formula is C12H14ClF3N2O2S. The molecule has 0 radical (unpaired) electrons. The third kappa shape index (κ3) is 3.33. The second-order valence-corrected chi connectivity index (χ2v) is 7.18. The quantitative estimate of drug-likeness (QED) is 0.917. The zero-order chi connectivity index (χ0) is 15.8. The molecule has 1 unspecified atom stereocenters. The minimum atomic E-state index is -4.62. The second kappa shape index (κ2) is 5.75. The van der Waals surface area contributed by atoms with Gasteiger partial charge in [0, 0.05) is 19.6 Å². The summed E-state index contributed by atoms with van der Waals surface area (Å²) < 4.78 is 64.2. The van der Waals surface area contributed by atoms with E-state index < -0.39 is 26.7 Å². The molecule has 1 N–H and O–H groups in total. The van der Waals surface area contributed by atoms with E-state index in [4.69, 9.17) is 11.6 Å². The fourth-order valence-corrected chi connectivity index (χ4v) is 4.06. The van der Waals surface area contributed by atoms with Gasteiger partial charge in [-0.3, -0.25) is 0 Å². The van der Waals surface area contributed by atoms with Crippen LogP contribution in [-0.2, 0) is 16.2 Å². The first kappa shape index (κ1) is 16.5. The predicted octanol–water partition coefficient (Wildman–Crippen LogP) is 2.34. The van der Waals surface area contributed by atoms with Gasteiger partial charge in [0.1, 0.15) is 4.90 Å². The van der Waals surface area contributed by atoms with Crippen LogP contribution in [0.3, 0.4) is 0 Å². The SMILES string of the molecule is CN(C1CCNC1)S(=O)(=O)c1cc(C(F)(F)F)ccc1Cl. The van der Waals surface area contributed by atoms with Crippen molar-refractivity contribution in [2.75, 3.05) is 20.1 Å². The monoisotopic (exact) mass is 342 g/mol. The van der Waals surface area contributed by atoms with Crippen LogP contribution in [0.15, 0.2) is 23.1 Å². The van der Waals surface area contributed by atoms with E-state index in [1.807, 2.05) is 0 Å². The van der Waals surface area contributed by atoms with Crippen molar-refractivity contribution in [3.8, 4) is 0 Å². The molecule has 1 aliphatic heterocycles. The van der Waals surface area contributed by atoms with Gasteiger partial charge in [-0.15, -0.1) is 0 Å². The Morgan fingerprint density at radius 3 is 2.57 bits per heavy atom. The molecule has 1 aromatic carbocycles. The maximum Gasteiger partial charge on any atom is 0.416 e. The van der Waals surface area contributed by atoms with E-state index in [0.717, 1.165) is 16.4 Å². The lowest BCUT2D eigenvalue weighted by atomic mass is 10.2. The van der Waals surface area contributed by atoms with Gasteiger partial charge in [0.15, 0.2) is 0 Å². The normalized spacial score (nSPS) is 20.2. The zero-order valence-electron chi connectivity index (χ0n) is 11.1. The maximum atomic E-state index is 12.7. The van der Waals surface area contributed by atoms with E-state index in [1.54, 1.807) is 0 Å². The van der Waals surface area contributed by atoms with Crippen LogP contribution < -0.4 is 5.32 Å². The van der Waals surface area contributed by atoms with Gasteiger partial charge in [-0.2, -0.15) is 17.5 Å². The first-order chi connectivity index (χ1) is 9.64. The minimum absolute atomic E-state index is 0.221. The fraction of sp³-hybridized carbons (Fsp3) is 0.500. The highest BCUT2D eigenvalue weighted by atomic mass is 35.5. The summed E-state index contributed by atoms with van der Waals surface area (Å²) in [5.74, 6) is 0. The van der Waals surface area contributed by atoms with Crippen molar-refractivity contribution >= 4 is 21.6 Å². The number of likely N-dealkylation sites (N-methyl/N-ethyl adjacent to an activating group) is 1. The van der Waals surface area contributed by atoms with E-state index in [2.05, 4.69) is 5.32 Å². The Balaban J connectivity index is 2.44. The van der Waals surface area contributed by atoms with Crippen molar-refractivity contribution in [2.45, 2.75) is 23.5 Å². The third-order valence-corrected chi connectivity index (χ3v) is 5.86. The molecule has 1 heterocycles. The fourth-order valence-electron chi connectivity index (χ4n) is 2.18. The lowest BCUT2D eigenvalue weighted by Crippen LogP contribution is -2.38. The van der Waals surface area contributed by atoms with Crippen molar-refractivity contribution in [3.63, 3.8) is 0 Å². The molecule has 1 aliphatic rings. The van der Waals surface area contributed by atoms with Gasteiger partial charge in [-0.1, -0.05) is 11.6 Å². The molecule has 9 heteroatoms. The minimum Gasteiger partial charge on any atom is -0.315 e. The summed E-state index contributed by atoms with van der Waals surface area (Å²) in [6, 6.07) is 2.01. The molecule has 0 aliphatic carbocycles. The Labute approximate surface area is 125 Å². The van der Waals surface area contributed by atoms with Gasteiger partial charge in [-0.05, 0) is 31.2 Å². The average molecular weight is 343 g/mol. The molecule has 0 amide bonds. The van der Waals surface area contributed by atoms with Crippen molar-refractivity contribution < 1.29 is 21.6 Å². The molecule has 1 fully saturated rings. The maximum absolute atomic E-state index is 12.7. The van der Waals surface area contributed by atoms with Crippen LogP contribution in [0.1, 0.15) is 12.0 Å². The smallest absolute Gasteiger partial charge is 0.315 e. The Bertz CT molecular complexity index is 628. The summed E-state index contributed by atoms with van der Waals surface area (Å²) >= 11 is 5.79.